The van der Waals surface area contributed by atoms with Crippen LogP contribution in [0.4, 0.5) is 17.5 Å². The van der Waals surface area contributed by atoms with Crippen LogP contribution < -0.4 is 10.6 Å². The molecular weight excluding hydrogens is 542 g/mol. The number of carbonyl (C=O) groups is 2. The first kappa shape index (κ1) is 27.2. The van der Waals surface area contributed by atoms with Crippen LogP contribution in [0.5, 0.6) is 0 Å². The van der Waals surface area contributed by atoms with Crippen molar-refractivity contribution in [2.45, 2.75) is 42.3 Å². The Morgan fingerprint density at radius 2 is 1.90 bits per heavy atom. The normalized spacial score (nSPS) is 18.2. The van der Waals surface area contributed by atoms with Crippen molar-refractivity contribution in [3.8, 4) is 0 Å². The van der Waals surface area contributed by atoms with E-state index in [2.05, 4.69) is 30.8 Å². The fraction of sp³-hybridized carbons (Fsp3) is 0.393. The number of nitrogens with one attached hydrogen (secondary N) is 3. The standard InChI is InChI=1S/C28H33N9O3S/c1-18-15-23(34-33-18)30-27-32-28(31-24-3-2-11-37(24)27)41-22-6-4-20(5-7-22)29-25(39)17-35-12-8-19(16-35)26(40)36-13-9-21(38)10-14-36/h2-7,11,15,19,21,38H,8-10,12-14,16-17H2,1H3,(H,29,39)(H2,30,31,32,33,34). The molecule has 214 valence electrons. The molecule has 41 heavy (non-hydrogen) atoms. The summed E-state index contributed by atoms with van der Waals surface area (Å²) in [4.78, 5) is 39.7. The third kappa shape index (κ3) is 6.53. The number of likely N-dealkylation sites (tertiary alicyclic amines) is 2. The smallest absolute Gasteiger partial charge is 0.238 e. The lowest BCUT2D eigenvalue weighted by molar-refractivity contribution is -0.137. The number of aryl methyl sites for hydroxylation is 1. The van der Waals surface area contributed by atoms with Gasteiger partial charge in [0.05, 0.1) is 18.6 Å². The Kier molecular flexibility index (Phi) is 7.90. The maximum atomic E-state index is 12.8. The number of aliphatic hydroxyl groups is 1. The highest BCUT2D eigenvalue weighted by Gasteiger charge is 2.33. The predicted octanol–water partition coefficient (Wildman–Crippen LogP) is 2.90. The van der Waals surface area contributed by atoms with Gasteiger partial charge in [0.25, 0.3) is 0 Å². The number of benzene rings is 1. The molecule has 4 aromatic rings. The number of aromatic nitrogens is 5. The molecule has 6 rings (SSSR count). The molecule has 13 heteroatoms. The van der Waals surface area contributed by atoms with Gasteiger partial charge in [0.15, 0.2) is 11.0 Å². The average molecular weight is 576 g/mol. The van der Waals surface area contributed by atoms with Crippen LogP contribution in [-0.2, 0) is 9.59 Å². The highest BCUT2D eigenvalue weighted by Crippen LogP contribution is 2.28. The van der Waals surface area contributed by atoms with Crippen molar-refractivity contribution in [1.29, 1.82) is 0 Å². The molecular formula is C28H33N9O3S. The van der Waals surface area contributed by atoms with Crippen LogP contribution in [0.3, 0.4) is 0 Å². The largest absolute Gasteiger partial charge is 0.393 e. The minimum absolute atomic E-state index is 0.0818. The lowest BCUT2D eigenvalue weighted by Gasteiger charge is -2.31. The van der Waals surface area contributed by atoms with Crippen molar-refractivity contribution in [2.75, 3.05) is 43.4 Å². The number of piperidine rings is 1. The van der Waals surface area contributed by atoms with Gasteiger partial charge in [-0.3, -0.25) is 24.0 Å². The minimum Gasteiger partial charge on any atom is -0.393 e. The second-order valence-electron chi connectivity index (χ2n) is 10.6. The summed E-state index contributed by atoms with van der Waals surface area (Å²) < 4.78 is 1.87. The monoisotopic (exact) mass is 575 g/mol. The summed E-state index contributed by atoms with van der Waals surface area (Å²) in [6.07, 6.45) is 3.63. The molecule has 2 aliphatic heterocycles. The first-order valence-corrected chi connectivity index (χ1v) is 14.6. The van der Waals surface area contributed by atoms with Gasteiger partial charge in [-0.15, -0.1) is 0 Å². The fourth-order valence-electron chi connectivity index (χ4n) is 5.28. The van der Waals surface area contributed by atoms with Gasteiger partial charge < -0.3 is 20.6 Å². The van der Waals surface area contributed by atoms with Crippen molar-refractivity contribution in [2.24, 2.45) is 5.92 Å². The zero-order chi connectivity index (χ0) is 28.3. The summed E-state index contributed by atoms with van der Waals surface area (Å²) in [5.74, 6) is 1.24. The van der Waals surface area contributed by atoms with E-state index in [9.17, 15) is 14.7 Å². The molecule has 0 aliphatic carbocycles. The number of H-pyrrole nitrogens is 1. The van der Waals surface area contributed by atoms with Gasteiger partial charge in [-0.1, -0.05) is 0 Å². The Hall–Kier alpha value is -3.94. The van der Waals surface area contributed by atoms with E-state index >= 15 is 0 Å². The van der Waals surface area contributed by atoms with E-state index in [0.717, 1.165) is 29.2 Å². The summed E-state index contributed by atoms with van der Waals surface area (Å²) in [6.45, 7) is 4.71. The van der Waals surface area contributed by atoms with Crippen molar-refractivity contribution in [3.05, 3.63) is 54.4 Å². The van der Waals surface area contributed by atoms with Gasteiger partial charge in [-0.05, 0) is 80.9 Å². The second kappa shape index (κ2) is 11.9. The molecule has 1 aromatic carbocycles. The second-order valence-corrected chi connectivity index (χ2v) is 11.6. The maximum Gasteiger partial charge on any atom is 0.238 e. The lowest BCUT2D eigenvalue weighted by atomic mass is 10.0. The summed E-state index contributed by atoms with van der Waals surface area (Å²) in [5, 5.41) is 23.6. The van der Waals surface area contributed by atoms with Gasteiger partial charge in [0.2, 0.25) is 17.8 Å². The molecule has 0 spiro atoms. The van der Waals surface area contributed by atoms with Gasteiger partial charge in [-0.25, -0.2) is 4.98 Å². The number of hydrogen-bond donors (Lipinski definition) is 4. The van der Waals surface area contributed by atoms with Gasteiger partial charge in [-0.2, -0.15) is 10.1 Å². The van der Waals surface area contributed by atoms with E-state index < -0.39 is 0 Å². The molecule has 1 atom stereocenters. The number of rotatable bonds is 8. The highest BCUT2D eigenvalue weighted by atomic mass is 32.2. The van der Waals surface area contributed by atoms with Crippen LogP contribution in [0.25, 0.3) is 5.65 Å². The van der Waals surface area contributed by atoms with Crippen molar-refractivity contribution in [3.63, 3.8) is 0 Å². The third-order valence-electron chi connectivity index (χ3n) is 7.43. The van der Waals surface area contributed by atoms with Crippen LogP contribution in [0.15, 0.2) is 58.7 Å². The predicted molar refractivity (Wildman–Crippen MR) is 155 cm³/mol. The van der Waals surface area contributed by atoms with E-state index in [4.69, 9.17) is 0 Å². The molecule has 12 nitrogen and oxygen atoms in total. The van der Waals surface area contributed by atoms with Crippen LogP contribution >= 0.6 is 11.8 Å². The average Bonchev–Trinajstić information content (AvgIpc) is 3.71. The number of aromatic amines is 1. The maximum absolute atomic E-state index is 12.8. The van der Waals surface area contributed by atoms with Gasteiger partial charge in [0.1, 0.15) is 5.65 Å². The summed E-state index contributed by atoms with van der Waals surface area (Å²) in [6, 6.07) is 13.3. The number of amides is 2. The van der Waals surface area contributed by atoms with E-state index in [0.29, 0.717) is 55.1 Å². The Morgan fingerprint density at radius 1 is 1.10 bits per heavy atom. The summed E-state index contributed by atoms with van der Waals surface area (Å²) >= 11 is 1.43. The van der Waals surface area contributed by atoms with Crippen LogP contribution in [0, 0.1) is 12.8 Å². The number of anilines is 3. The first-order valence-electron chi connectivity index (χ1n) is 13.8. The molecule has 0 saturated carbocycles. The SMILES string of the molecule is Cc1cc(Nc2nc(Sc3ccc(NC(=O)CN4CCC(C(=O)N5CCC(O)CC5)C4)cc3)nc3cccn23)n[nH]1. The quantitative estimate of drug-likeness (QED) is 0.249. The van der Waals surface area contributed by atoms with E-state index in [-0.39, 0.29) is 30.4 Å². The molecule has 0 bridgehead atoms. The molecule has 3 aromatic heterocycles. The van der Waals surface area contributed by atoms with Crippen molar-refractivity contribution in [1.82, 2.24) is 34.4 Å². The lowest BCUT2D eigenvalue weighted by Crippen LogP contribution is -2.43. The van der Waals surface area contributed by atoms with E-state index in [1.54, 1.807) is 0 Å². The number of aliphatic hydroxyl groups excluding tert-OH is 1. The molecule has 0 radical (unpaired) electrons. The van der Waals surface area contributed by atoms with Gasteiger partial charge in [0, 0.05) is 48.2 Å². The Morgan fingerprint density at radius 3 is 2.66 bits per heavy atom. The Balaban J connectivity index is 1.02. The minimum atomic E-state index is -0.300. The first-order chi connectivity index (χ1) is 19.9. The molecule has 2 amide bonds. The molecule has 5 heterocycles. The molecule has 2 aliphatic rings. The molecule has 1 unspecified atom stereocenters. The zero-order valence-corrected chi connectivity index (χ0v) is 23.6. The fourth-order valence-corrected chi connectivity index (χ4v) is 6.03. The number of hydrogen-bond acceptors (Lipinski definition) is 9. The summed E-state index contributed by atoms with van der Waals surface area (Å²) in [7, 11) is 0. The number of fused-ring (bicyclic) bond motifs is 1. The Bertz CT molecular complexity index is 1530. The molecule has 2 saturated heterocycles. The van der Waals surface area contributed by atoms with Crippen LogP contribution in [0.2, 0.25) is 0 Å². The van der Waals surface area contributed by atoms with Gasteiger partial charge >= 0.3 is 0 Å². The number of carbonyl (C=O) groups excluding carboxylic acids is 2. The van der Waals surface area contributed by atoms with E-state index in [1.165, 1.54) is 11.8 Å². The molecule has 2 fully saturated rings. The Labute approximate surface area is 241 Å². The van der Waals surface area contributed by atoms with Crippen LogP contribution in [0.1, 0.15) is 25.0 Å². The molecule has 4 N–H and O–H groups in total. The van der Waals surface area contributed by atoms with Crippen molar-refractivity contribution < 1.29 is 14.7 Å². The van der Waals surface area contributed by atoms with Crippen LogP contribution in [-0.4, -0.2) is 90.1 Å². The number of nitrogens with zero attached hydrogens (tertiary/aromatic N) is 6. The highest BCUT2D eigenvalue weighted by molar-refractivity contribution is 7.99. The zero-order valence-electron chi connectivity index (χ0n) is 22.8. The van der Waals surface area contributed by atoms with E-state index in [1.807, 2.05) is 69.8 Å². The third-order valence-corrected chi connectivity index (χ3v) is 8.30. The topological polar surface area (TPSA) is 144 Å². The van der Waals surface area contributed by atoms with Crippen molar-refractivity contribution >= 4 is 46.7 Å². The summed E-state index contributed by atoms with van der Waals surface area (Å²) in [5.41, 5.74) is 2.42.